The number of benzene rings is 2. The number of ketones is 1. The van der Waals surface area contributed by atoms with Crippen molar-refractivity contribution in [1.82, 2.24) is 9.78 Å². The van der Waals surface area contributed by atoms with Crippen molar-refractivity contribution in [3.63, 3.8) is 0 Å². The smallest absolute Gasteiger partial charge is 0.277 e. The lowest BCUT2D eigenvalue weighted by Crippen LogP contribution is -2.31. The van der Waals surface area contributed by atoms with Crippen LogP contribution >= 0.6 is 22.9 Å². The largest absolute Gasteiger partial charge is 0.343 e. The van der Waals surface area contributed by atoms with Gasteiger partial charge in [-0.05, 0) is 47.7 Å². The summed E-state index contributed by atoms with van der Waals surface area (Å²) in [5.74, 6) is 0.366. The Morgan fingerprint density at radius 3 is 2.58 bits per heavy atom. The van der Waals surface area contributed by atoms with Gasteiger partial charge in [-0.3, -0.25) is 14.7 Å². The van der Waals surface area contributed by atoms with Crippen LogP contribution in [0.1, 0.15) is 40.7 Å². The van der Waals surface area contributed by atoms with Crippen LogP contribution in [0.4, 0.5) is 5.82 Å². The van der Waals surface area contributed by atoms with E-state index in [0.717, 1.165) is 23.4 Å². The maximum absolute atomic E-state index is 13.6. The summed E-state index contributed by atoms with van der Waals surface area (Å²) in [6, 6.07) is 21.0. The molecule has 2 N–H and O–H groups in total. The SMILES string of the molecule is O=C1CC(c2cccs2)CC2=C1C(c1cccc(Cl)c1)c1c([nH]n(-c3ccccc3)c1=O)N2. The van der Waals surface area contributed by atoms with Crippen molar-refractivity contribution in [2.24, 2.45) is 0 Å². The summed E-state index contributed by atoms with van der Waals surface area (Å²) in [7, 11) is 0. The maximum atomic E-state index is 13.6. The summed E-state index contributed by atoms with van der Waals surface area (Å²) in [4.78, 5) is 28.4. The van der Waals surface area contributed by atoms with Gasteiger partial charge in [-0.25, -0.2) is 4.68 Å². The lowest BCUT2D eigenvalue weighted by Gasteiger charge is -2.34. The number of aromatic nitrogens is 2. The fraction of sp³-hybridized carbons (Fsp3) is 0.154. The molecule has 0 saturated heterocycles. The number of Topliss-reactive ketones (excluding diaryl/α,β-unsaturated/α-hetero) is 1. The molecule has 1 aliphatic carbocycles. The van der Waals surface area contributed by atoms with Crippen LogP contribution in [0.5, 0.6) is 0 Å². The molecule has 3 heterocycles. The highest BCUT2D eigenvalue weighted by atomic mass is 35.5. The standard InChI is InChI=1S/C26H20ClN3O2S/c27-17-7-4-6-15(12-17)22-23-19(13-16(14-20(23)31)21-10-5-11-33-21)28-25-24(22)26(32)30(29-25)18-8-2-1-3-9-18/h1-12,16,22,28-29H,13-14H2. The van der Waals surface area contributed by atoms with Gasteiger partial charge in [0.1, 0.15) is 5.82 Å². The molecule has 7 heteroatoms. The highest BCUT2D eigenvalue weighted by Crippen LogP contribution is 2.47. The second-order valence-corrected chi connectivity index (χ2v) is 9.84. The monoisotopic (exact) mass is 473 g/mol. The number of nitrogens with zero attached hydrogens (tertiary/aromatic N) is 1. The minimum Gasteiger partial charge on any atom is -0.343 e. The van der Waals surface area contributed by atoms with E-state index in [4.69, 9.17) is 11.6 Å². The predicted molar refractivity (Wildman–Crippen MR) is 132 cm³/mol. The molecule has 2 atom stereocenters. The van der Waals surface area contributed by atoms with Crippen LogP contribution < -0.4 is 10.9 Å². The first-order valence-corrected chi connectivity index (χ1v) is 12.1. The Hall–Kier alpha value is -3.35. The fourth-order valence-corrected chi connectivity index (χ4v) is 6.03. The first-order chi connectivity index (χ1) is 16.1. The van der Waals surface area contributed by atoms with Gasteiger partial charge in [-0.2, -0.15) is 0 Å². The first kappa shape index (κ1) is 20.3. The van der Waals surface area contributed by atoms with E-state index in [0.29, 0.717) is 28.4 Å². The summed E-state index contributed by atoms with van der Waals surface area (Å²) in [5.41, 5.74) is 3.51. The number of thiophene rings is 1. The number of halogens is 1. The molecule has 2 aliphatic rings. The van der Waals surface area contributed by atoms with Crippen molar-refractivity contribution in [3.8, 4) is 5.69 Å². The molecule has 2 unspecified atom stereocenters. The van der Waals surface area contributed by atoms with Gasteiger partial charge in [-0.15, -0.1) is 11.3 Å². The average molecular weight is 474 g/mol. The van der Waals surface area contributed by atoms with E-state index in [1.165, 1.54) is 9.56 Å². The molecule has 0 bridgehead atoms. The van der Waals surface area contributed by atoms with Crippen LogP contribution in [-0.2, 0) is 4.79 Å². The number of hydrogen-bond donors (Lipinski definition) is 2. The second kappa shape index (κ2) is 7.90. The number of allylic oxidation sites excluding steroid dienone is 2. The van der Waals surface area contributed by atoms with Gasteiger partial charge in [0, 0.05) is 39.4 Å². The zero-order valence-electron chi connectivity index (χ0n) is 17.5. The van der Waals surface area contributed by atoms with E-state index >= 15 is 0 Å². The Balaban J connectivity index is 1.54. The number of carbonyl (C=O) groups is 1. The number of para-hydroxylation sites is 1. The van der Waals surface area contributed by atoms with Gasteiger partial charge in [0.25, 0.3) is 5.56 Å². The summed E-state index contributed by atoms with van der Waals surface area (Å²) in [6.45, 7) is 0. The summed E-state index contributed by atoms with van der Waals surface area (Å²) in [6.07, 6.45) is 1.15. The third-order valence-electron chi connectivity index (χ3n) is 6.43. The average Bonchev–Trinajstić information content (AvgIpc) is 3.47. The van der Waals surface area contributed by atoms with E-state index in [2.05, 4.69) is 16.5 Å². The molecule has 0 fully saturated rings. The van der Waals surface area contributed by atoms with Crippen LogP contribution in [0.25, 0.3) is 5.69 Å². The van der Waals surface area contributed by atoms with Crippen molar-refractivity contribution in [2.75, 3.05) is 5.32 Å². The molecular weight excluding hydrogens is 454 g/mol. The molecule has 0 saturated carbocycles. The summed E-state index contributed by atoms with van der Waals surface area (Å²) < 4.78 is 1.54. The van der Waals surface area contributed by atoms with Crippen molar-refractivity contribution in [1.29, 1.82) is 0 Å². The number of anilines is 1. The molecule has 164 valence electrons. The van der Waals surface area contributed by atoms with E-state index in [1.807, 2.05) is 60.0 Å². The highest BCUT2D eigenvalue weighted by molar-refractivity contribution is 7.10. The van der Waals surface area contributed by atoms with Crippen molar-refractivity contribution >= 4 is 34.5 Å². The molecule has 0 amide bonds. The molecule has 2 aromatic heterocycles. The molecule has 4 aromatic rings. The highest BCUT2D eigenvalue weighted by Gasteiger charge is 2.41. The Kier molecular flexibility index (Phi) is 4.85. The molecule has 1 aliphatic heterocycles. The number of nitrogens with one attached hydrogen (secondary N) is 2. The fourth-order valence-electron chi connectivity index (χ4n) is 5.00. The second-order valence-electron chi connectivity index (χ2n) is 8.43. The predicted octanol–water partition coefficient (Wildman–Crippen LogP) is 5.84. The van der Waals surface area contributed by atoms with E-state index in [9.17, 15) is 9.59 Å². The molecule has 2 aromatic carbocycles. The number of hydrogen-bond acceptors (Lipinski definition) is 4. The van der Waals surface area contributed by atoms with Gasteiger partial charge in [0.05, 0.1) is 11.3 Å². The van der Waals surface area contributed by atoms with Crippen LogP contribution in [0.15, 0.2) is 88.2 Å². The summed E-state index contributed by atoms with van der Waals surface area (Å²) >= 11 is 8.01. The Labute approximate surface area is 199 Å². The normalized spacial score (nSPS) is 19.7. The molecular formula is C26H20ClN3O2S. The Morgan fingerprint density at radius 1 is 0.970 bits per heavy atom. The number of H-pyrrole nitrogens is 1. The molecule has 0 spiro atoms. The van der Waals surface area contributed by atoms with Crippen LogP contribution in [-0.4, -0.2) is 15.6 Å². The zero-order valence-corrected chi connectivity index (χ0v) is 19.1. The molecule has 6 rings (SSSR count). The van der Waals surface area contributed by atoms with Gasteiger partial charge < -0.3 is 5.32 Å². The number of aromatic amines is 1. The molecule has 33 heavy (non-hydrogen) atoms. The number of fused-ring (bicyclic) bond motifs is 1. The quantitative estimate of drug-likeness (QED) is 0.393. The number of rotatable bonds is 3. The van der Waals surface area contributed by atoms with Gasteiger partial charge in [-0.1, -0.05) is 48.0 Å². The lowest BCUT2D eigenvalue weighted by molar-refractivity contribution is -0.116. The lowest BCUT2D eigenvalue weighted by atomic mass is 9.74. The van der Waals surface area contributed by atoms with Crippen LogP contribution in [0, 0.1) is 0 Å². The minimum absolute atomic E-state index is 0.0737. The zero-order chi connectivity index (χ0) is 22.5. The van der Waals surface area contributed by atoms with Crippen LogP contribution in [0.2, 0.25) is 5.02 Å². The van der Waals surface area contributed by atoms with Crippen LogP contribution in [0.3, 0.4) is 0 Å². The van der Waals surface area contributed by atoms with Crippen molar-refractivity contribution in [3.05, 3.63) is 115 Å². The van der Waals surface area contributed by atoms with Gasteiger partial charge in [0.2, 0.25) is 0 Å². The summed E-state index contributed by atoms with van der Waals surface area (Å²) in [5, 5.41) is 9.29. The van der Waals surface area contributed by atoms with Crippen molar-refractivity contribution in [2.45, 2.75) is 24.7 Å². The molecule has 0 radical (unpaired) electrons. The minimum atomic E-state index is -0.472. The molecule has 5 nitrogen and oxygen atoms in total. The first-order valence-electron chi connectivity index (χ1n) is 10.8. The van der Waals surface area contributed by atoms with Crippen molar-refractivity contribution < 1.29 is 4.79 Å². The topological polar surface area (TPSA) is 66.9 Å². The van der Waals surface area contributed by atoms with E-state index in [-0.39, 0.29) is 17.3 Å². The van der Waals surface area contributed by atoms with Gasteiger partial charge in [0.15, 0.2) is 5.78 Å². The Morgan fingerprint density at radius 2 is 1.82 bits per heavy atom. The van der Waals surface area contributed by atoms with E-state index in [1.54, 1.807) is 17.4 Å². The van der Waals surface area contributed by atoms with E-state index < -0.39 is 5.92 Å². The Bertz CT molecular complexity index is 1450. The third-order valence-corrected chi connectivity index (χ3v) is 7.70. The third kappa shape index (κ3) is 3.37. The number of carbonyl (C=O) groups excluding carboxylic acids is 1. The maximum Gasteiger partial charge on any atom is 0.277 e. The van der Waals surface area contributed by atoms with Gasteiger partial charge >= 0.3 is 0 Å².